The van der Waals surface area contributed by atoms with E-state index in [4.69, 9.17) is 16.3 Å². The highest BCUT2D eigenvalue weighted by Crippen LogP contribution is 2.35. The Morgan fingerprint density at radius 3 is 2.65 bits per heavy atom. The van der Waals surface area contributed by atoms with Gasteiger partial charge in [-0.25, -0.2) is 19.3 Å². The summed E-state index contributed by atoms with van der Waals surface area (Å²) in [6.45, 7) is 5.92. The summed E-state index contributed by atoms with van der Waals surface area (Å²) in [6, 6.07) is 3.39. The van der Waals surface area contributed by atoms with Crippen molar-refractivity contribution in [2.24, 2.45) is 0 Å². The molecule has 0 saturated carbocycles. The molecule has 0 radical (unpaired) electrons. The van der Waals surface area contributed by atoms with Crippen molar-refractivity contribution in [1.29, 1.82) is 0 Å². The molecule has 0 aliphatic heterocycles. The predicted octanol–water partition coefficient (Wildman–Crippen LogP) is 4.18. The second-order valence-corrected chi connectivity index (χ2v) is 5.85. The number of ether oxygens (including phenoxy) is 1. The molecule has 0 saturated heterocycles. The maximum absolute atomic E-state index is 14.5. The Balaban J connectivity index is 2.32. The molecule has 0 fully saturated rings. The van der Waals surface area contributed by atoms with E-state index in [0.717, 1.165) is 5.82 Å². The van der Waals surface area contributed by atoms with Crippen LogP contribution in [0.1, 0.15) is 25.7 Å². The fourth-order valence-electron chi connectivity index (χ4n) is 2.80. The lowest BCUT2D eigenvalue weighted by Crippen LogP contribution is -2.03. The molecule has 120 valence electrons. The summed E-state index contributed by atoms with van der Waals surface area (Å²) < 4.78 is 21.8. The molecule has 0 aliphatic carbocycles. The summed E-state index contributed by atoms with van der Waals surface area (Å²) in [6.07, 6.45) is 1.33. The smallest absolute Gasteiger partial charge is 0.182 e. The Morgan fingerprint density at radius 2 is 2.00 bits per heavy atom. The minimum Gasteiger partial charge on any atom is -0.491 e. The summed E-state index contributed by atoms with van der Waals surface area (Å²) in [5.74, 6) is 0.677. The van der Waals surface area contributed by atoms with Gasteiger partial charge in [0, 0.05) is 11.6 Å². The maximum atomic E-state index is 14.5. The molecule has 3 aromatic rings. The fraction of sp³-hybridized carbons (Fsp3) is 0.312. The first-order valence-electron chi connectivity index (χ1n) is 7.17. The van der Waals surface area contributed by atoms with Crippen molar-refractivity contribution in [2.45, 2.75) is 26.8 Å². The van der Waals surface area contributed by atoms with E-state index < -0.39 is 5.82 Å². The van der Waals surface area contributed by atoms with E-state index in [1.165, 1.54) is 19.5 Å². The van der Waals surface area contributed by atoms with Gasteiger partial charge >= 0.3 is 0 Å². The summed E-state index contributed by atoms with van der Waals surface area (Å²) in [4.78, 5) is 12.4. The van der Waals surface area contributed by atoms with Gasteiger partial charge in [0.15, 0.2) is 16.7 Å². The molecule has 0 amide bonds. The molecule has 1 aromatic carbocycles. The van der Waals surface area contributed by atoms with Crippen molar-refractivity contribution in [1.82, 2.24) is 19.5 Å². The molecular formula is C16H16ClFN4O. The third kappa shape index (κ3) is 2.53. The molecule has 2 heterocycles. The van der Waals surface area contributed by atoms with Crippen LogP contribution in [0.4, 0.5) is 4.39 Å². The molecule has 0 bridgehead atoms. The second kappa shape index (κ2) is 5.77. The van der Waals surface area contributed by atoms with Crippen LogP contribution in [0, 0.1) is 12.7 Å². The van der Waals surface area contributed by atoms with Gasteiger partial charge in [-0.2, -0.15) is 0 Å². The number of aryl methyl sites for hydroxylation is 1. The zero-order valence-electron chi connectivity index (χ0n) is 13.3. The van der Waals surface area contributed by atoms with Gasteiger partial charge in [-0.1, -0.05) is 11.6 Å². The Kier molecular flexibility index (Phi) is 3.93. The summed E-state index contributed by atoms with van der Waals surface area (Å²) in [7, 11) is 1.48. The number of hydrogen-bond donors (Lipinski definition) is 0. The Morgan fingerprint density at radius 1 is 1.26 bits per heavy atom. The highest BCUT2D eigenvalue weighted by atomic mass is 35.5. The number of fused-ring (bicyclic) bond motifs is 1. The number of hydrogen-bond acceptors (Lipinski definition) is 4. The number of halogens is 2. The highest BCUT2D eigenvalue weighted by Gasteiger charge is 2.19. The van der Waals surface area contributed by atoms with E-state index in [1.807, 2.05) is 31.4 Å². The second-order valence-electron chi connectivity index (χ2n) is 5.49. The minimum atomic E-state index is -0.406. The monoisotopic (exact) mass is 334 g/mol. The van der Waals surface area contributed by atoms with Crippen LogP contribution in [-0.2, 0) is 0 Å². The van der Waals surface area contributed by atoms with Gasteiger partial charge in [-0.15, -0.1) is 0 Å². The van der Waals surface area contributed by atoms with Gasteiger partial charge < -0.3 is 9.30 Å². The maximum Gasteiger partial charge on any atom is 0.182 e. The van der Waals surface area contributed by atoms with Gasteiger partial charge in [0.25, 0.3) is 0 Å². The van der Waals surface area contributed by atoms with Gasteiger partial charge in [0.05, 0.1) is 12.6 Å². The lowest BCUT2D eigenvalue weighted by atomic mass is 10.1. The predicted molar refractivity (Wildman–Crippen MR) is 87.4 cm³/mol. The molecule has 0 N–H and O–H groups in total. The van der Waals surface area contributed by atoms with E-state index in [9.17, 15) is 4.39 Å². The number of imidazole rings is 1. The number of nitrogens with zero attached hydrogens (tertiary/aromatic N) is 4. The lowest BCUT2D eigenvalue weighted by Gasteiger charge is -2.12. The first-order valence-corrected chi connectivity index (χ1v) is 7.54. The van der Waals surface area contributed by atoms with Crippen LogP contribution < -0.4 is 4.74 Å². The van der Waals surface area contributed by atoms with E-state index in [1.54, 1.807) is 0 Å². The normalized spacial score (nSPS) is 11.4. The Labute approximate surface area is 138 Å². The number of rotatable bonds is 3. The van der Waals surface area contributed by atoms with E-state index in [0.29, 0.717) is 28.0 Å². The molecule has 0 aliphatic rings. The van der Waals surface area contributed by atoms with Crippen LogP contribution in [0.25, 0.3) is 22.3 Å². The molecule has 7 heteroatoms. The van der Waals surface area contributed by atoms with Crippen molar-refractivity contribution in [3.05, 3.63) is 35.3 Å². The van der Waals surface area contributed by atoms with Crippen LogP contribution >= 0.6 is 11.6 Å². The third-order valence-electron chi connectivity index (χ3n) is 3.68. The highest BCUT2D eigenvalue weighted by molar-refractivity contribution is 6.31. The van der Waals surface area contributed by atoms with Crippen LogP contribution in [0.15, 0.2) is 18.5 Å². The molecule has 2 aromatic heterocycles. The van der Waals surface area contributed by atoms with Crippen molar-refractivity contribution < 1.29 is 9.13 Å². The third-order valence-corrected chi connectivity index (χ3v) is 3.95. The van der Waals surface area contributed by atoms with Crippen LogP contribution in [0.3, 0.4) is 0 Å². The molecule has 0 atom stereocenters. The Bertz CT molecular complexity index is 891. The summed E-state index contributed by atoms with van der Waals surface area (Å²) in [5.41, 5.74) is 2.07. The zero-order valence-corrected chi connectivity index (χ0v) is 14.0. The average molecular weight is 335 g/mol. The lowest BCUT2D eigenvalue weighted by molar-refractivity contribution is 0.413. The minimum absolute atomic E-state index is 0.158. The molecule has 5 nitrogen and oxygen atoms in total. The van der Waals surface area contributed by atoms with Crippen molar-refractivity contribution in [3.8, 4) is 17.0 Å². The van der Waals surface area contributed by atoms with E-state index >= 15 is 0 Å². The zero-order chi connectivity index (χ0) is 16.7. The van der Waals surface area contributed by atoms with Gasteiger partial charge in [-0.05, 0) is 32.9 Å². The molecule has 3 rings (SSSR count). The van der Waals surface area contributed by atoms with Crippen molar-refractivity contribution in [3.63, 3.8) is 0 Å². The molecule has 23 heavy (non-hydrogen) atoms. The molecule has 0 spiro atoms. The van der Waals surface area contributed by atoms with Crippen LogP contribution in [0.5, 0.6) is 5.75 Å². The average Bonchev–Trinajstić information content (AvgIpc) is 2.83. The van der Waals surface area contributed by atoms with Crippen LogP contribution in [-0.4, -0.2) is 26.6 Å². The first kappa shape index (κ1) is 15.7. The topological polar surface area (TPSA) is 52.8 Å². The van der Waals surface area contributed by atoms with Gasteiger partial charge in [-0.3, -0.25) is 0 Å². The summed E-state index contributed by atoms with van der Waals surface area (Å²) in [5, 5.41) is 0.187. The van der Waals surface area contributed by atoms with Crippen LogP contribution in [0.2, 0.25) is 5.15 Å². The van der Waals surface area contributed by atoms with Crippen molar-refractivity contribution in [2.75, 3.05) is 7.11 Å². The quantitative estimate of drug-likeness (QED) is 0.674. The largest absolute Gasteiger partial charge is 0.491 e. The first-order chi connectivity index (χ1) is 10.9. The SMILES string of the molecule is COc1c(Cl)ncnc1-c1cc(F)c2nc(C)n(C(C)C)c2c1. The molecular weight excluding hydrogens is 319 g/mol. The number of benzene rings is 1. The standard InChI is InChI=1S/C16H16ClFN4O/c1-8(2)22-9(3)21-14-11(18)5-10(6-12(14)22)13-15(23-4)16(17)20-7-19-13/h5-8H,1-4H3. The van der Waals surface area contributed by atoms with Crippen molar-refractivity contribution >= 4 is 22.6 Å². The van der Waals surface area contributed by atoms with Gasteiger partial charge in [0.2, 0.25) is 0 Å². The fourth-order valence-corrected chi connectivity index (χ4v) is 3.01. The van der Waals surface area contributed by atoms with E-state index in [2.05, 4.69) is 15.0 Å². The Hall–Kier alpha value is -2.21. The number of aromatic nitrogens is 4. The van der Waals surface area contributed by atoms with Gasteiger partial charge in [0.1, 0.15) is 23.4 Å². The van der Waals surface area contributed by atoms with E-state index in [-0.39, 0.29) is 11.2 Å². The number of methoxy groups -OCH3 is 1. The summed E-state index contributed by atoms with van der Waals surface area (Å²) >= 11 is 6.04. The molecule has 0 unspecified atom stereocenters.